The summed E-state index contributed by atoms with van der Waals surface area (Å²) < 4.78 is 0. The number of rotatable bonds is 2. The van der Waals surface area contributed by atoms with E-state index >= 15 is 0 Å². The molecule has 0 aromatic rings. The van der Waals surface area contributed by atoms with E-state index in [4.69, 9.17) is 4.99 Å². The summed E-state index contributed by atoms with van der Waals surface area (Å²) in [7, 11) is 0. The molecule has 0 radical (unpaired) electrons. The Hall–Kier alpha value is -1.05. The second-order valence-corrected chi connectivity index (χ2v) is 7.63. The fraction of sp³-hybridized carbons (Fsp3) is 0.737. The smallest absolute Gasteiger partial charge is 0.0426 e. The second-order valence-electron chi connectivity index (χ2n) is 7.63. The van der Waals surface area contributed by atoms with Crippen LogP contribution in [0.2, 0.25) is 0 Å². The molecule has 2 heterocycles. The van der Waals surface area contributed by atoms with E-state index in [1.165, 1.54) is 25.7 Å². The summed E-state index contributed by atoms with van der Waals surface area (Å²) in [5.74, 6) is 2.23. The lowest BCUT2D eigenvalue weighted by Gasteiger charge is -2.45. The number of nitrogens with one attached hydrogen (secondary N) is 1. The fourth-order valence-electron chi connectivity index (χ4n) is 5.59. The van der Waals surface area contributed by atoms with E-state index in [1.54, 1.807) is 16.8 Å². The summed E-state index contributed by atoms with van der Waals surface area (Å²) in [6, 6.07) is 0.636. The highest BCUT2D eigenvalue weighted by molar-refractivity contribution is 5.68. The van der Waals surface area contributed by atoms with E-state index in [0.717, 1.165) is 24.8 Å². The Labute approximate surface area is 128 Å². The second kappa shape index (κ2) is 4.72. The lowest BCUT2D eigenvalue weighted by molar-refractivity contribution is 0.148. The molecule has 4 rings (SSSR count). The summed E-state index contributed by atoms with van der Waals surface area (Å²) >= 11 is 0. The van der Waals surface area contributed by atoms with Crippen LogP contribution < -0.4 is 5.32 Å². The number of hydrogen-bond donors (Lipinski definition) is 1. The first-order valence-corrected chi connectivity index (χ1v) is 8.88. The molecule has 2 aliphatic heterocycles. The molecule has 1 saturated heterocycles. The van der Waals surface area contributed by atoms with Gasteiger partial charge in [0.15, 0.2) is 0 Å². The third-order valence-electron chi connectivity index (χ3n) is 6.86. The minimum Gasteiger partial charge on any atom is -0.385 e. The van der Waals surface area contributed by atoms with Crippen LogP contribution in [0.15, 0.2) is 27.9 Å². The van der Waals surface area contributed by atoms with Gasteiger partial charge in [0.25, 0.3) is 0 Å². The van der Waals surface area contributed by atoms with Crippen molar-refractivity contribution in [3.05, 3.63) is 22.9 Å². The molecule has 1 saturated carbocycles. The molecule has 0 spiro atoms. The number of nitrogens with zero attached hydrogens (tertiary/aromatic N) is 1. The Morgan fingerprint density at radius 1 is 1.38 bits per heavy atom. The first-order valence-electron chi connectivity index (χ1n) is 8.88. The first-order chi connectivity index (χ1) is 10.2. The van der Waals surface area contributed by atoms with Crippen LogP contribution in [0, 0.1) is 23.2 Å². The normalized spacial score (nSPS) is 45.6. The predicted octanol–water partition coefficient (Wildman–Crippen LogP) is 4.10. The van der Waals surface area contributed by atoms with E-state index < -0.39 is 0 Å². The Bertz CT molecular complexity index is 542. The number of fused-ring (bicyclic) bond motifs is 2. The van der Waals surface area contributed by atoms with Crippen LogP contribution >= 0.6 is 0 Å². The van der Waals surface area contributed by atoms with Gasteiger partial charge in [0.05, 0.1) is 0 Å². The number of hydrogen-bond acceptors (Lipinski definition) is 2. The van der Waals surface area contributed by atoms with Gasteiger partial charge >= 0.3 is 0 Å². The van der Waals surface area contributed by atoms with Crippen molar-refractivity contribution in [2.45, 2.75) is 58.9 Å². The lowest BCUT2D eigenvalue weighted by Crippen LogP contribution is -2.46. The van der Waals surface area contributed by atoms with Crippen molar-refractivity contribution in [3.63, 3.8) is 0 Å². The summed E-state index contributed by atoms with van der Waals surface area (Å²) in [6.07, 6.45) is 11.0. The summed E-state index contributed by atoms with van der Waals surface area (Å²) in [6.45, 7) is 8.21. The maximum Gasteiger partial charge on any atom is 0.0426 e. The SMILES string of the molecule is CCC1C2NC3=CC4=C(CC3C2C)CC1(CC)/C=N\CC4. The van der Waals surface area contributed by atoms with Gasteiger partial charge in [-0.2, -0.15) is 0 Å². The van der Waals surface area contributed by atoms with Gasteiger partial charge in [0.1, 0.15) is 0 Å². The third kappa shape index (κ3) is 1.80. The summed E-state index contributed by atoms with van der Waals surface area (Å²) in [4.78, 5) is 4.84. The summed E-state index contributed by atoms with van der Waals surface area (Å²) in [5.41, 5.74) is 5.18. The zero-order valence-electron chi connectivity index (χ0n) is 13.7. The molecule has 4 aliphatic rings. The zero-order valence-corrected chi connectivity index (χ0v) is 13.7. The Kier molecular flexibility index (Phi) is 3.06. The molecule has 0 amide bonds. The maximum atomic E-state index is 4.84. The molecule has 1 N–H and O–H groups in total. The maximum absolute atomic E-state index is 4.84. The average Bonchev–Trinajstić information content (AvgIpc) is 2.80. The number of aliphatic imine (C=N–C) groups is 1. The Morgan fingerprint density at radius 2 is 2.24 bits per heavy atom. The van der Waals surface area contributed by atoms with Crippen LogP contribution in [0.4, 0.5) is 0 Å². The molecular formula is C19H28N2. The first kappa shape index (κ1) is 13.6. The fourth-order valence-corrected chi connectivity index (χ4v) is 5.59. The highest BCUT2D eigenvalue weighted by atomic mass is 15.0. The summed E-state index contributed by atoms with van der Waals surface area (Å²) in [5, 5.41) is 3.95. The topological polar surface area (TPSA) is 24.4 Å². The van der Waals surface area contributed by atoms with Crippen molar-refractivity contribution in [2.24, 2.45) is 28.2 Å². The molecule has 114 valence electrons. The molecule has 2 nitrogen and oxygen atoms in total. The van der Waals surface area contributed by atoms with Crippen LogP contribution in [0.3, 0.4) is 0 Å². The van der Waals surface area contributed by atoms with Crippen LogP contribution in [0.5, 0.6) is 0 Å². The van der Waals surface area contributed by atoms with Crippen LogP contribution in [-0.4, -0.2) is 18.8 Å². The van der Waals surface area contributed by atoms with Gasteiger partial charge in [0, 0.05) is 35.8 Å². The molecule has 0 aromatic heterocycles. The van der Waals surface area contributed by atoms with Crippen molar-refractivity contribution in [1.29, 1.82) is 0 Å². The van der Waals surface area contributed by atoms with Gasteiger partial charge in [-0.1, -0.05) is 32.8 Å². The van der Waals surface area contributed by atoms with Crippen molar-refractivity contribution < 1.29 is 0 Å². The molecule has 2 heteroatoms. The molecule has 2 fully saturated rings. The van der Waals surface area contributed by atoms with Crippen LogP contribution in [0.25, 0.3) is 0 Å². The van der Waals surface area contributed by atoms with Crippen molar-refractivity contribution in [2.75, 3.05) is 6.54 Å². The van der Waals surface area contributed by atoms with Gasteiger partial charge < -0.3 is 5.32 Å². The molecule has 5 unspecified atom stereocenters. The lowest BCUT2D eigenvalue weighted by atomic mass is 9.60. The highest BCUT2D eigenvalue weighted by Crippen LogP contribution is 2.54. The van der Waals surface area contributed by atoms with Gasteiger partial charge in [0.2, 0.25) is 0 Å². The van der Waals surface area contributed by atoms with Crippen molar-refractivity contribution in [1.82, 2.24) is 5.32 Å². The average molecular weight is 284 g/mol. The van der Waals surface area contributed by atoms with Gasteiger partial charge in [-0.05, 0) is 49.2 Å². The molecule has 21 heavy (non-hydrogen) atoms. The minimum absolute atomic E-state index is 0.278. The van der Waals surface area contributed by atoms with Crippen molar-refractivity contribution in [3.8, 4) is 0 Å². The third-order valence-corrected chi connectivity index (χ3v) is 6.86. The minimum atomic E-state index is 0.278. The van der Waals surface area contributed by atoms with E-state index in [0.29, 0.717) is 12.0 Å². The quantitative estimate of drug-likeness (QED) is 0.811. The Balaban J connectivity index is 1.91. The highest BCUT2D eigenvalue weighted by Gasteiger charge is 2.51. The Morgan fingerprint density at radius 3 is 3.00 bits per heavy atom. The standard InChI is InChI=1S/C19H28N2/c1-4-16-18-12(3)15-8-14-10-19(16,5-2)11-20-7-6-13(14)9-17(15)21-18/h9,11-12,15-16,18,21H,4-8,10H2,1-3H3/b20-11-. The molecule has 0 aromatic carbocycles. The molecule has 2 aliphatic carbocycles. The largest absolute Gasteiger partial charge is 0.385 e. The van der Waals surface area contributed by atoms with Gasteiger partial charge in [-0.15, -0.1) is 0 Å². The predicted molar refractivity (Wildman–Crippen MR) is 88.4 cm³/mol. The molecular weight excluding hydrogens is 256 g/mol. The van der Waals surface area contributed by atoms with E-state index in [1.807, 2.05) is 0 Å². The number of allylic oxidation sites excluding steroid dienone is 3. The van der Waals surface area contributed by atoms with E-state index in [2.05, 4.69) is 38.4 Å². The van der Waals surface area contributed by atoms with Crippen molar-refractivity contribution >= 4 is 6.21 Å². The zero-order chi connectivity index (χ0) is 14.6. The van der Waals surface area contributed by atoms with Crippen LogP contribution in [-0.2, 0) is 0 Å². The van der Waals surface area contributed by atoms with Gasteiger partial charge in [-0.25, -0.2) is 0 Å². The molecule has 4 bridgehead atoms. The van der Waals surface area contributed by atoms with E-state index in [9.17, 15) is 0 Å². The van der Waals surface area contributed by atoms with Gasteiger partial charge in [-0.3, -0.25) is 4.99 Å². The monoisotopic (exact) mass is 284 g/mol. The van der Waals surface area contributed by atoms with Crippen LogP contribution in [0.1, 0.15) is 52.9 Å². The van der Waals surface area contributed by atoms with E-state index in [-0.39, 0.29) is 5.41 Å². The molecule has 5 atom stereocenters.